The second-order valence-electron chi connectivity index (χ2n) is 4.03. The molecule has 2 rings (SSSR count). The summed E-state index contributed by atoms with van der Waals surface area (Å²) in [6, 6.07) is 3.69. The number of nitrogens with zero attached hydrogens (tertiary/aromatic N) is 1. The van der Waals surface area contributed by atoms with Crippen molar-refractivity contribution in [1.82, 2.24) is 0 Å². The van der Waals surface area contributed by atoms with Crippen molar-refractivity contribution in [3.05, 3.63) is 17.0 Å². The average molecular weight is 235 g/mol. The lowest BCUT2D eigenvalue weighted by atomic mass is 10.1. The van der Waals surface area contributed by atoms with E-state index in [0.717, 1.165) is 12.8 Å². The average Bonchev–Trinajstić information content (AvgIpc) is 3.00. The van der Waals surface area contributed by atoms with Crippen LogP contribution in [0.25, 0.3) is 0 Å². The van der Waals surface area contributed by atoms with Crippen LogP contribution in [0.5, 0.6) is 0 Å². The van der Waals surface area contributed by atoms with Crippen LogP contribution in [0, 0.1) is 17.2 Å². The van der Waals surface area contributed by atoms with Gasteiger partial charge in [-0.05, 0) is 30.2 Å². The lowest BCUT2D eigenvalue weighted by molar-refractivity contribution is -0.116. The van der Waals surface area contributed by atoms with Crippen LogP contribution in [-0.4, -0.2) is 11.9 Å². The van der Waals surface area contributed by atoms with E-state index < -0.39 is 0 Å². The quantitative estimate of drug-likeness (QED) is 0.833. The van der Waals surface area contributed by atoms with Gasteiger partial charge in [0.1, 0.15) is 11.1 Å². The number of carbonyl (C=O) groups is 1. The summed E-state index contributed by atoms with van der Waals surface area (Å²) in [5, 5.41) is 13.9. The minimum atomic E-state index is -0.0987. The van der Waals surface area contributed by atoms with Crippen LogP contribution in [0.2, 0.25) is 0 Å². The number of thiophene rings is 1. The minimum Gasteiger partial charge on any atom is -0.327 e. The molecule has 4 nitrogen and oxygen atoms in total. The van der Waals surface area contributed by atoms with Gasteiger partial charge in [0.15, 0.2) is 0 Å². The molecule has 0 aromatic carbocycles. The third-order valence-corrected chi connectivity index (χ3v) is 3.52. The fourth-order valence-corrected chi connectivity index (χ4v) is 2.33. The molecule has 84 valence electrons. The topological polar surface area (TPSA) is 78.9 Å². The molecule has 3 N–H and O–H groups in total. The fraction of sp³-hybridized carbons (Fsp3) is 0.455. The number of anilines is 1. The molecule has 0 saturated heterocycles. The maximum absolute atomic E-state index is 11.6. The highest BCUT2D eigenvalue weighted by Gasteiger charge is 2.29. The van der Waals surface area contributed by atoms with E-state index in [1.165, 1.54) is 11.3 Å². The molecule has 1 aromatic heterocycles. The van der Waals surface area contributed by atoms with Crippen LogP contribution in [0.4, 0.5) is 5.00 Å². The van der Waals surface area contributed by atoms with Crippen molar-refractivity contribution in [3.8, 4) is 6.07 Å². The lowest BCUT2D eigenvalue weighted by Crippen LogP contribution is -2.28. The summed E-state index contributed by atoms with van der Waals surface area (Å²) < 4.78 is 0. The molecule has 0 spiro atoms. The molecule has 1 aliphatic rings. The largest absolute Gasteiger partial charge is 0.327 e. The summed E-state index contributed by atoms with van der Waals surface area (Å²) in [6.45, 7) is 0. The first-order valence-electron chi connectivity index (χ1n) is 5.23. The number of nitrogens with one attached hydrogen (secondary N) is 1. The van der Waals surface area contributed by atoms with Gasteiger partial charge in [-0.25, -0.2) is 0 Å². The van der Waals surface area contributed by atoms with Crippen LogP contribution < -0.4 is 11.1 Å². The molecule has 1 heterocycles. The van der Waals surface area contributed by atoms with Crippen molar-refractivity contribution in [1.29, 1.82) is 5.26 Å². The van der Waals surface area contributed by atoms with Gasteiger partial charge in [-0.1, -0.05) is 0 Å². The molecule has 16 heavy (non-hydrogen) atoms. The van der Waals surface area contributed by atoms with Crippen molar-refractivity contribution in [2.45, 2.75) is 25.3 Å². The highest BCUT2D eigenvalue weighted by Crippen LogP contribution is 2.33. The molecule has 0 bridgehead atoms. The molecular formula is C11H13N3OS. The minimum absolute atomic E-state index is 0.0366. The van der Waals surface area contributed by atoms with Crippen molar-refractivity contribution < 1.29 is 4.79 Å². The Labute approximate surface area is 98.1 Å². The van der Waals surface area contributed by atoms with E-state index in [-0.39, 0.29) is 11.9 Å². The highest BCUT2D eigenvalue weighted by atomic mass is 32.1. The van der Waals surface area contributed by atoms with E-state index in [1.54, 1.807) is 11.4 Å². The Morgan fingerprint density at radius 2 is 2.50 bits per heavy atom. The van der Waals surface area contributed by atoms with Gasteiger partial charge in [-0.2, -0.15) is 5.26 Å². The van der Waals surface area contributed by atoms with E-state index >= 15 is 0 Å². The van der Waals surface area contributed by atoms with E-state index in [2.05, 4.69) is 5.32 Å². The van der Waals surface area contributed by atoms with E-state index in [9.17, 15) is 4.79 Å². The lowest BCUT2D eigenvalue weighted by Gasteiger charge is -2.09. The van der Waals surface area contributed by atoms with Crippen LogP contribution in [0.3, 0.4) is 0 Å². The van der Waals surface area contributed by atoms with Gasteiger partial charge in [0.05, 0.1) is 5.56 Å². The maximum Gasteiger partial charge on any atom is 0.226 e. The molecule has 0 radical (unpaired) electrons. The number of amides is 1. The first-order valence-corrected chi connectivity index (χ1v) is 6.11. The van der Waals surface area contributed by atoms with Gasteiger partial charge in [0.2, 0.25) is 5.91 Å². The molecule has 1 aliphatic carbocycles. The Balaban J connectivity index is 1.89. The van der Waals surface area contributed by atoms with E-state index in [1.807, 2.05) is 6.07 Å². The van der Waals surface area contributed by atoms with Crippen LogP contribution in [-0.2, 0) is 4.79 Å². The summed E-state index contributed by atoms with van der Waals surface area (Å²) >= 11 is 1.36. The van der Waals surface area contributed by atoms with E-state index in [4.69, 9.17) is 11.0 Å². The van der Waals surface area contributed by atoms with Gasteiger partial charge < -0.3 is 11.1 Å². The Kier molecular flexibility index (Phi) is 3.22. The first-order chi connectivity index (χ1) is 7.70. The molecule has 1 saturated carbocycles. The van der Waals surface area contributed by atoms with E-state index in [0.29, 0.717) is 22.9 Å². The summed E-state index contributed by atoms with van der Waals surface area (Å²) in [6.07, 6.45) is 2.61. The molecule has 1 unspecified atom stereocenters. The third-order valence-electron chi connectivity index (χ3n) is 2.69. The normalized spacial score (nSPS) is 16.5. The van der Waals surface area contributed by atoms with Crippen molar-refractivity contribution >= 4 is 22.2 Å². The van der Waals surface area contributed by atoms with Gasteiger partial charge in [-0.3, -0.25) is 4.79 Å². The summed E-state index contributed by atoms with van der Waals surface area (Å²) in [4.78, 5) is 11.6. The Morgan fingerprint density at radius 3 is 3.12 bits per heavy atom. The monoisotopic (exact) mass is 235 g/mol. The van der Waals surface area contributed by atoms with Gasteiger partial charge >= 0.3 is 0 Å². The number of carbonyl (C=O) groups excluding carboxylic acids is 1. The first kappa shape index (κ1) is 11.1. The second kappa shape index (κ2) is 4.64. The zero-order valence-electron chi connectivity index (χ0n) is 8.77. The predicted octanol–water partition coefficient (Wildman–Crippen LogP) is 1.69. The number of rotatable bonds is 4. The third kappa shape index (κ3) is 2.60. The zero-order valence-corrected chi connectivity index (χ0v) is 9.59. The smallest absolute Gasteiger partial charge is 0.226 e. The number of nitrogens with two attached hydrogens (primary N) is 1. The van der Waals surface area contributed by atoms with Gasteiger partial charge in [-0.15, -0.1) is 11.3 Å². The molecule has 5 heteroatoms. The maximum atomic E-state index is 11.6. The number of hydrogen-bond donors (Lipinski definition) is 2. The molecule has 1 aromatic rings. The standard InChI is InChI=1S/C11H13N3OS/c12-6-8-3-4-16-11(8)14-10(15)5-9(13)7-1-2-7/h3-4,7,9H,1-2,5,13H2,(H,14,15). The van der Waals surface area contributed by atoms with Crippen molar-refractivity contribution in [2.75, 3.05) is 5.32 Å². The van der Waals surface area contributed by atoms with Crippen molar-refractivity contribution in [2.24, 2.45) is 11.7 Å². The SMILES string of the molecule is N#Cc1ccsc1NC(=O)CC(N)C1CC1. The Morgan fingerprint density at radius 1 is 1.75 bits per heavy atom. The van der Waals surface area contributed by atoms with Crippen LogP contribution >= 0.6 is 11.3 Å². The number of hydrogen-bond acceptors (Lipinski definition) is 4. The molecule has 1 amide bonds. The van der Waals surface area contributed by atoms with Crippen LogP contribution in [0.1, 0.15) is 24.8 Å². The summed E-state index contributed by atoms with van der Waals surface area (Å²) in [5.74, 6) is 0.419. The predicted molar refractivity (Wildman–Crippen MR) is 63.0 cm³/mol. The fourth-order valence-electron chi connectivity index (χ4n) is 1.58. The summed E-state index contributed by atoms with van der Waals surface area (Å²) in [7, 11) is 0. The summed E-state index contributed by atoms with van der Waals surface area (Å²) in [5.41, 5.74) is 6.37. The second-order valence-corrected chi connectivity index (χ2v) is 4.94. The molecular weight excluding hydrogens is 222 g/mol. The molecule has 1 atom stereocenters. The Bertz CT molecular complexity index is 431. The van der Waals surface area contributed by atoms with Crippen LogP contribution in [0.15, 0.2) is 11.4 Å². The Hall–Kier alpha value is -1.38. The van der Waals surface area contributed by atoms with Crippen molar-refractivity contribution in [3.63, 3.8) is 0 Å². The molecule has 0 aliphatic heterocycles. The number of nitriles is 1. The zero-order chi connectivity index (χ0) is 11.5. The highest BCUT2D eigenvalue weighted by molar-refractivity contribution is 7.14. The molecule has 1 fully saturated rings. The van der Waals surface area contributed by atoms with Gasteiger partial charge in [0, 0.05) is 12.5 Å². The van der Waals surface area contributed by atoms with Gasteiger partial charge in [0.25, 0.3) is 0 Å².